The van der Waals surface area contributed by atoms with Crippen LogP contribution < -0.4 is 14.7 Å². The van der Waals surface area contributed by atoms with Crippen LogP contribution in [0.25, 0.3) is 33.1 Å². The number of aromatic nitrogens is 6. The summed E-state index contributed by atoms with van der Waals surface area (Å²) in [6.45, 7) is 14.9. The first-order chi connectivity index (χ1) is 30.2. The molecule has 0 unspecified atom stereocenters. The molecular formula is C44H49Br7IN9O2. The third kappa shape index (κ3) is 8.45. The lowest BCUT2D eigenvalue weighted by Crippen LogP contribution is -2.37. The number of benzene rings is 3. The van der Waals surface area contributed by atoms with Crippen LogP contribution in [0.1, 0.15) is 74.6 Å². The molecule has 11 nitrogen and oxygen atoms in total. The number of hydrogen-bond acceptors (Lipinski definition) is 8. The van der Waals surface area contributed by atoms with Gasteiger partial charge in [-0.15, -0.1) is 0 Å². The average Bonchev–Trinajstić information content (AvgIpc) is 4.10. The molecular weight excluding hydrogens is 1370 g/mol. The monoisotopic (exact) mass is 1410 g/mol. The van der Waals surface area contributed by atoms with Gasteiger partial charge in [0.25, 0.3) is 0 Å². The van der Waals surface area contributed by atoms with Gasteiger partial charge in [-0.3, -0.25) is 0 Å². The topological polar surface area (TPSA) is 104 Å². The lowest BCUT2D eigenvalue weighted by Gasteiger charge is -2.31. The van der Waals surface area contributed by atoms with E-state index in [9.17, 15) is 10.2 Å². The van der Waals surface area contributed by atoms with Crippen LogP contribution in [0.4, 0.5) is 17.8 Å². The van der Waals surface area contributed by atoms with E-state index >= 15 is 0 Å². The summed E-state index contributed by atoms with van der Waals surface area (Å²) < 4.78 is 16.1. The standard InChI is InChI=1S/C15H16Br2IN3O.C15H19Br2N3.C14H14Br3N3O/c16-10-9-2-1-5-21-14(9)13(12(18)11(10)17)19-15(21)20-6-3-8(22)4-7-20;1-4-19(5-2)15-18-13-9(3)11(16)12(17)10-7-6-8-20(15)14(10)13;15-9-8-2-1-4-20-13(8)12(11(17)10(9)16)18-14(20)19-5-3-7(21)6-19/h8,22H,1-7H2;4-8H2,1-3H3;7,21H,1-6H2/t;;7-/m..0/s1. The summed E-state index contributed by atoms with van der Waals surface area (Å²) in [6.07, 6.45) is 8.84. The molecule has 2 saturated heterocycles. The molecule has 338 valence electrons. The zero-order valence-electron chi connectivity index (χ0n) is 35.3. The highest BCUT2D eigenvalue weighted by Crippen LogP contribution is 2.46. The normalized spacial score (nSPS) is 18.3. The van der Waals surface area contributed by atoms with E-state index in [-0.39, 0.29) is 12.2 Å². The van der Waals surface area contributed by atoms with Crippen molar-refractivity contribution in [3.8, 4) is 0 Å². The Morgan fingerprint density at radius 1 is 0.556 bits per heavy atom. The molecule has 0 radical (unpaired) electrons. The average molecular weight is 1420 g/mol. The number of halogens is 8. The van der Waals surface area contributed by atoms with E-state index in [1.54, 1.807) is 0 Å². The predicted octanol–water partition coefficient (Wildman–Crippen LogP) is 12.6. The van der Waals surface area contributed by atoms with Gasteiger partial charge >= 0.3 is 0 Å². The van der Waals surface area contributed by atoms with Gasteiger partial charge in [0, 0.05) is 85.7 Å². The first-order valence-electron chi connectivity index (χ1n) is 21.8. The van der Waals surface area contributed by atoms with Crippen molar-refractivity contribution < 1.29 is 10.2 Å². The molecule has 8 heterocycles. The Hall–Kier alpha value is -0.520. The number of anilines is 3. The summed E-state index contributed by atoms with van der Waals surface area (Å²) in [5.41, 5.74) is 12.4. The molecule has 2 fully saturated rings. The minimum atomic E-state index is -0.234. The fourth-order valence-corrected chi connectivity index (χ4v) is 14.9. The van der Waals surface area contributed by atoms with E-state index in [0.717, 1.165) is 160 Å². The summed E-state index contributed by atoms with van der Waals surface area (Å²) in [5.74, 6) is 3.19. The fraction of sp³-hybridized carbons (Fsp3) is 0.523. The maximum Gasteiger partial charge on any atom is 0.206 e. The summed E-state index contributed by atoms with van der Waals surface area (Å²) in [7, 11) is 0. The van der Waals surface area contributed by atoms with Crippen LogP contribution in [0.5, 0.6) is 0 Å². The Kier molecular flexibility index (Phi) is 14.7. The maximum absolute atomic E-state index is 9.81. The lowest BCUT2D eigenvalue weighted by atomic mass is 10.0. The first-order valence-corrected chi connectivity index (χ1v) is 28.5. The van der Waals surface area contributed by atoms with Crippen LogP contribution >= 0.6 is 134 Å². The molecule has 5 aliphatic heterocycles. The van der Waals surface area contributed by atoms with Gasteiger partial charge in [0.1, 0.15) is 11.0 Å². The second kappa shape index (κ2) is 19.5. The van der Waals surface area contributed by atoms with Gasteiger partial charge in [-0.05, 0) is 235 Å². The Bertz CT molecular complexity index is 2760. The van der Waals surface area contributed by atoms with Gasteiger partial charge in [-0.25, -0.2) is 15.0 Å². The Labute approximate surface area is 440 Å². The van der Waals surface area contributed by atoms with Crippen molar-refractivity contribution >= 4 is 185 Å². The molecule has 63 heavy (non-hydrogen) atoms. The van der Waals surface area contributed by atoms with Crippen molar-refractivity contribution in [2.75, 3.05) is 54.0 Å². The molecule has 0 aliphatic carbocycles. The van der Waals surface area contributed by atoms with E-state index in [0.29, 0.717) is 6.54 Å². The second-order valence-electron chi connectivity index (χ2n) is 16.9. The number of piperidine rings is 1. The van der Waals surface area contributed by atoms with Crippen LogP contribution in [0, 0.1) is 10.5 Å². The number of β-amino-alcohol motifs (C(OH)–C–C–N with tert-alkyl or cyclic N) is 1. The summed E-state index contributed by atoms with van der Waals surface area (Å²) >= 11 is 28.3. The van der Waals surface area contributed by atoms with Crippen molar-refractivity contribution in [2.45, 2.75) is 110 Å². The molecule has 11 rings (SSSR count). The largest absolute Gasteiger partial charge is 0.393 e. The predicted molar refractivity (Wildman–Crippen MR) is 289 cm³/mol. The van der Waals surface area contributed by atoms with Crippen molar-refractivity contribution in [1.82, 2.24) is 28.7 Å². The highest BCUT2D eigenvalue weighted by molar-refractivity contribution is 14.1. The summed E-state index contributed by atoms with van der Waals surface area (Å²) in [6, 6.07) is 0. The van der Waals surface area contributed by atoms with Crippen LogP contribution in [-0.4, -0.2) is 90.3 Å². The van der Waals surface area contributed by atoms with E-state index in [4.69, 9.17) is 15.0 Å². The Balaban J connectivity index is 0.000000120. The quantitative estimate of drug-likeness (QED) is 0.130. The van der Waals surface area contributed by atoms with Gasteiger partial charge in [-0.2, -0.15) is 0 Å². The number of aliphatic hydroxyl groups excluding tert-OH is 2. The van der Waals surface area contributed by atoms with Gasteiger partial charge in [0.15, 0.2) is 0 Å². The molecule has 3 aromatic heterocycles. The van der Waals surface area contributed by atoms with Gasteiger partial charge in [-0.1, -0.05) is 0 Å². The third-order valence-electron chi connectivity index (χ3n) is 13.2. The lowest BCUT2D eigenvalue weighted by molar-refractivity contribution is 0.145. The molecule has 5 aliphatic rings. The summed E-state index contributed by atoms with van der Waals surface area (Å²) in [5, 5.41) is 19.6. The fourth-order valence-electron chi connectivity index (χ4n) is 9.97. The molecule has 0 spiro atoms. The van der Waals surface area contributed by atoms with Crippen LogP contribution in [0.2, 0.25) is 0 Å². The Morgan fingerprint density at radius 3 is 1.60 bits per heavy atom. The number of hydrogen-bond donors (Lipinski definition) is 2. The van der Waals surface area contributed by atoms with E-state index in [1.165, 1.54) is 57.7 Å². The van der Waals surface area contributed by atoms with Crippen molar-refractivity contribution in [3.05, 3.63) is 57.1 Å². The second-order valence-corrected chi connectivity index (χ2v) is 23.6. The number of nitrogens with zero attached hydrogens (tertiary/aromatic N) is 9. The minimum absolute atomic E-state index is 0.152. The third-order valence-corrected chi connectivity index (χ3v) is 23.1. The molecule has 0 saturated carbocycles. The van der Waals surface area contributed by atoms with Crippen molar-refractivity contribution in [2.24, 2.45) is 0 Å². The van der Waals surface area contributed by atoms with Gasteiger partial charge in [0.05, 0.1) is 42.3 Å². The first kappa shape index (κ1) is 47.5. The molecule has 6 aromatic rings. The molecule has 2 N–H and O–H groups in total. The SMILES string of the molecule is CCN(CC)c1nc2c(C)c(Br)c(Br)c3c2n1CCC3.OC1CCN(c2nc3c(I)c(Br)c(Br)c4c3n2CCC4)CC1.O[C@H]1CCN(c2nc3c(Br)c(Br)c(Br)c4c3n2CCC4)C1. The molecule has 19 heteroatoms. The highest BCUT2D eigenvalue weighted by atomic mass is 127. The van der Waals surface area contributed by atoms with E-state index < -0.39 is 0 Å². The number of rotatable bonds is 5. The zero-order chi connectivity index (χ0) is 44.6. The van der Waals surface area contributed by atoms with E-state index in [1.807, 2.05) is 0 Å². The molecule has 0 bridgehead atoms. The molecule has 3 aromatic carbocycles. The van der Waals surface area contributed by atoms with Crippen molar-refractivity contribution in [1.29, 1.82) is 0 Å². The number of imidazole rings is 3. The smallest absolute Gasteiger partial charge is 0.206 e. The zero-order valence-corrected chi connectivity index (χ0v) is 48.6. The van der Waals surface area contributed by atoms with E-state index in [2.05, 4.69) is 183 Å². The Morgan fingerprint density at radius 2 is 1.03 bits per heavy atom. The maximum atomic E-state index is 9.81. The summed E-state index contributed by atoms with van der Waals surface area (Å²) in [4.78, 5) is 21.7. The number of aryl methyl sites for hydroxylation is 7. The molecule has 1 atom stereocenters. The van der Waals surface area contributed by atoms with Crippen molar-refractivity contribution in [3.63, 3.8) is 0 Å². The minimum Gasteiger partial charge on any atom is -0.393 e. The number of aliphatic hydroxyl groups is 2. The van der Waals surface area contributed by atoms with Gasteiger partial charge in [0.2, 0.25) is 17.8 Å². The van der Waals surface area contributed by atoms with Crippen LogP contribution in [0.15, 0.2) is 31.3 Å². The van der Waals surface area contributed by atoms with Crippen LogP contribution in [0.3, 0.4) is 0 Å². The van der Waals surface area contributed by atoms with Gasteiger partial charge < -0.3 is 38.6 Å². The highest BCUT2D eigenvalue weighted by Gasteiger charge is 2.32. The molecule has 0 amide bonds. The van der Waals surface area contributed by atoms with Crippen LogP contribution in [-0.2, 0) is 38.9 Å².